The first-order valence-corrected chi connectivity index (χ1v) is 11.7. The average Bonchev–Trinajstić information content (AvgIpc) is 3.28. The quantitative estimate of drug-likeness (QED) is 0.356. The molecule has 2 aliphatic rings. The van der Waals surface area contributed by atoms with E-state index in [1.165, 1.54) is 12.1 Å². The van der Waals surface area contributed by atoms with E-state index in [1.807, 2.05) is 0 Å². The largest absolute Gasteiger partial charge is 0.486 e. The number of carbonyl (C=O) groups is 1. The molecule has 1 amide bonds. The van der Waals surface area contributed by atoms with Gasteiger partial charge in [-0.3, -0.25) is 20.2 Å². The smallest absolute Gasteiger partial charge is 0.256 e. The molecule has 0 radical (unpaired) electrons. The zero-order chi connectivity index (χ0) is 24.9. The number of hydrogen-bond acceptors (Lipinski definition) is 5. The molecule has 0 bridgehead atoms. The standard InChI is InChI=1S/C25H20Cl2FN3O4/c1-13-21(23(31(33)34)25(30-13)17-4-2-3-5-20(17)29-24(25)32)15-10-18(26)22(19(27)11-15)35-12-14-6-8-16(28)9-7-14/h2-11,13,21,23,30H,12H2,1H3,(H,29,32)/t13-,21+,23+,25-/m0/s1. The monoisotopic (exact) mass is 515 g/mol. The van der Waals surface area contributed by atoms with Gasteiger partial charge in [-0.2, -0.15) is 0 Å². The first kappa shape index (κ1) is 23.5. The van der Waals surface area contributed by atoms with Crippen molar-refractivity contribution in [2.75, 3.05) is 5.32 Å². The van der Waals surface area contributed by atoms with E-state index in [1.54, 1.807) is 55.5 Å². The summed E-state index contributed by atoms with van der Waals surface area (Å²) in [6.45, 7) is 1.91. The molecule has 7 nitrogen and oxygen atoms in total. The Morgan fingerprint density at radius 1 is 1.11 bits per heavy atom. The molecule has 180 valence electrons. The van der Waals surface area contributed by atoms with Crippen LogP contribution < -0.4 is 15.4 Å². The van der Waals surface area contributed by atoms with Crippen LogP contribution in [-0.4, -0.2) is 22.9 Å². The summed E-state index contributed by atoms with van der Waals surface area (Å²) in [7, 11) is 0. The molecule has 10 heteroatoms. The van der Waals surface area contributed by atoms with Gasteiger partial charge in [0.2, 0.25) is 0 Å². The maximum atomic E-state index is 13.1. The Hall–Kier alpha value is -3.20. The molecule has 2 N–H and O–H groups in total. The highest BCUT2D eigenvalue weighted by molar-refractivity contribution is 6.37. The number of nitrogens with zero attached hydrogens (tertiary/aromatic N) is 1. The second-order valence-electron chi connectivity index (χ2n) is 8.73. The highest BCUT2D eigenvalue weighted by Crippen LogP contribution is 2.50. The fraction of sp³-hybridized carbons (Fsp3) is 0.240. The molecular weight excluding hydrogens is 496 g/mol. The number of nitrogens with one attached hydrogen (secondary N) is 2. The zero-order valence-electron chi connectivity index (χ0n) is 18.4. The van der Waals surface area contributed by atoms with E-state index in [9.17, 15) is 19.3 Å². The molecule has 0 aliphatic carbocycles. The third-order valence-electron chi connectivity index (χ3n) is 6.67. The van der Waals surface area contributed by atoms with Crippen LogP contribution in [0.15, 0.2) is 60.7 Å². The van der Waals surface area contributed by atoms with E-state index in [-0.39, 0.29) is 28.2 Å². The molecule has 35 heavy (non-hydrogen) atoms. The van der Waals surface area contributed by atoms with Crippen molar-refractivity contribution in [3.05, 3.63) is 103 Å². The number of anilines is 1. The summed E-state index contributed by atoms with van der Waals surface area (Å²) in [5, 5.41) is 18.8. The van der Waals surface area contributed by atoms with Crippen molar-refractivity contribution < 1.29 is 18.8 Å². The first-order valence-electron chi connectivity index (χ1n) is 10.9. The first-order chi connectivity index (χ1) is 16.7. The van der Waals surface area contributed by atoms with Crippen LogP contribution in [0.4, 0.5) is 10.1 Å². The lowest BCUT2D eigenvalue weighted by molar-refractivity contribution is -0.532. The summed E-state index contributed by atoms with van der Waals surface area (Å²) in [4.78, 5) is 25.2. The number of ether oxygens (including phenoxy) is 1. The van der Waals surface area contributed by atoms with Gasteiger partial charge < -0.3 is 10.1 Å². The topological polar surface area (TPSA) is 93.5 Å². The average molecular weight is 516 g/mol. The molecule has 0 saturated carbocycles. The molecule has 0 unspecified atom stereocenters. The van der Waals surface area contributed by atoms with E-state index in [4.69, 9.17) is 27.9 Å². The van der Waals surface area contributed by atoms with Crippen molar-refractivity contribution in [3.8, 4) is 5.75 Å². The minimum absolute atomic E-state index is 0.109. The molecule has 2 heterocycles. The van der Waals surface area contributed by atoms with E-state index in [2.05, 4.69) is 10.6 Å². The Bertz CT molecular complexity index is 1310. The lowest BCUT2D eigenvalue weighted by atomic mass is 9.78. The highest BCUT2D eigenvalue weighted by Gasteiger charge is 2.67. The number of rotatable bonds is 5. The fourth-order valence-electron chi connectivity index (χ4n) is 5.20. The van der Waals surface area contributed by atoms with Gasteiger partial charge in [0, 0.05) is 22.2 Å². The van der Waals surface area contributed by atoms with E-state index in [0.29, 0.717) is 16.8 Å². The summed E-state index contributed by atoms with van der Waals surface area (Å²) in [6.07, 6.45) is 0. The minimum Gasteiger partial charge on any atom is -0.486 e. The Kier molecular flexibility index (Phi) is 5.91. The van der Waals surface area contributed by atoms with Crippen LogP contribution in [0.5, 0.6) is 5.75 Å². The second kappa shape index (κ2) is 8.78. The predicted molar refractivity (Wildman–Crippen MR) is 130 cm³/mol. The number of hydrogen-bond donors (Lipinski definition) is 2. The molecule has 1 fully saturated rings. The third-order valence-corrected chi connectivity index (χ3v) is 7.23. The Morgan fingerprint density at radius 3 is 2.43 bits per heavy atom. The van der Waals surface area contributed by atoms with Gasteiger partial charge in [0.05, 0.1) is 16.0 Å². The molecular formula is C25H20Cl2FN3O4. The molecule has 5 rings (SSSR count). The summed E-state index contributed by atoms with van der Waals surface area (Å²) in [6, 6.07) is 14.2. The third kappa shape index (κ3) is 3.82. The molecule has 1 saturated heterocycles. The molecule has 2 aliphatic heterocycles. The highest BCUT2D eigenvalue weighted by atomic mass is 35.5. The molecule has 0 aromatic heterocycles. The SMILES string of the molecule is C[C@@H]1N[C@]2(C(=O)Nc3ccccc32)[C@H]([N+](=O)[O-])[C@H]1c1cc(Cl)c(OCc2ccc(F)cc2)c(Cl)c1. The molecule has 3 aromatic rings. The Balaban J connectivity index is 1.50. The van der Waals surface area contributed by atoms with Gasteiger partial charge in [-0.1, -0.05) is 53.5 Å². The van der Waals surface area contributed by atoms with Gasteiger partial charge in [0.25, 0.3) is 11.9 Å². The van der Waals surface area contributed by atoms with Crippen molar-refractivity contribution in [1.82, 2.24) is 5.32 Å². The van der Waals surface area contributed by atoms with Crippen LogP contribution in [0.1, 0.15) is 29.5 Å². The molecule has 3 aromatic carbocycles. The number of amides is 1. The van der Waals surface area contributed by atoms with Gasteiger partial charge in [-0.25, -0.2) is 4.39 Å². The van der Waals surface area contributed by atoms with Gasteiger partial charge in [-0.05, 0) is 48.4 Å². The lowest BCUT2D eigenvalue weighted by Crippen LogP contribution is -2.54. The maximum absolute atomic E-state index is 13.1. The Labute approximate surface area is 210 Å². The van der Waals surface area contributed by atoms with Gasteiger partial charge in [0.1, 0.15) is 12.4 Å². The van der Waals surface area contributed by atoms with E-state index < -0.39 is 34.4 Å². The van der Waals surface area contributed by atoms with E-state index >= 15 is 0 Å². The van der Waals surface area contributed by atoms with Crippen LogP contribution in [0, 0.1) is 15.9 Å². The van der Waals surface area contributed by atoms with Crippen molar-refractivity contribution in [1.29, 1.82) is 0 Å². The summed E-state index contributed by atoms with van der Waals surface area (Å²) >= 11 is 13.0. The van der Waals surface area contributed by atoms with E-state index in [0.717, 1.165) is 5.56 Å². The van der Waals surface area contributed by atoms with Crippen LogP contribution in [0.2, 0.25) is 10.0 Å². The van der Waals surface area contributed by atoms with Crippen molar-refractivity contribution in [2.45, 2.75) is 37.1 Å². The Morgan fingerprint density at radius 2 is 1.77 bits per heavy atom. The molecule has 4 atom stereocenters. The normalized spacial score (nSPS) is 24.9. The van der Waals surface area contributed by atoms with Crippen molar-refractivity contribution in [2.24, 2.45) is 0 Å². The number of halogens is 3. The maximum Gasteiger partial charge on any atom is 0.256 e. The van der Waals surface area contributed by atoms with Crippen LogP contribution >= 0.6 is 23.2 Å². The minimum atomic E-state index is -1.53. The number of para-hydroxylation sites is 1. The zero-order valence-corrected chi connectivity index (χ0v) is 19.9. The second-order valence-corrected chi connectivity index (χ2v) is 9.54. The van der Waals surface area contributed by atoms with Gasteiger partial charge >= 0.3 is 0 Å². The van der Waals surface area contributed by atoms with Crippen molar-refractivity contribution in [3.63, 3.8) is 0 Å². The predicted octanol–water partition coefficient (Wildman–Crippen LogP) is 5.28. The number of nitro groups is 1. The summed E-state index contributed by atoms with van der Waals surface area (Å²) in [5.74, 6) is -1.31. The lowest BCUT2D eigenvalue weighted by Gasteiger charge is -2.25. The van der Waals surface area contributed by atoms with Gasteiger partial charge in [0.15, 0.2) is 11.3 Å². The number of benzene rings is 3. The fourth-order valence-corrected chi connectivity index (χ4v) is 5.81. The summed E-state index contributed by atoms with van der Waals surface area (Å²) in [5.41, 5.74) is 0.797. The van der Waals surface area contributed by atoms with Crippen molar-refractivity contribution >= 4 is 34.8 Å². The summed E-state index contributed by atoms with van der Waals surface area (Å²) < 4.78 is 18.9. The number of fused-ring (bicyclic) bond motifs is 2. The van der Waals surface area contributed by atoms with Gasteiger partial charge in [-0.15, -0.1) is 0 Å². The van der Waals surface area contributed by atoms with Crippen LogP contribution in [0.3, 0.4) is 0 Å². The molecule has 1 spiro atoms. The van der Waals surface area contributed by atoms with Crippen LogP contribution in [0.25, 0.3) is 0 Å². The number of carbonyl (C=O) groups excluding carboxylic acids is 1. The van der Waals surface area contributed by atoms with Crippen LogP contribution in [-0.2, 0) is 16.9 Å².